The number of hydrogen-bond donors (Lipinski definition) is 2. The second-order valence-electron chi connectivity index (χ2n) is 4.19. The zero-order valence-electron chi connectivity index (χ0n) is 9.59. The third-order valence-corrected chi connectivity index (χ3v) is 2.13. The molecule has 0 fully saturated rings. The van der Waals surface area contributed by atoms with Crippen LogP contribution in [-0.4, -0.2) is 31.7 Å². The molecule has 0 aromatic rings. The summed E-state index contributed by atoms with van der Waals surface area (Å²) in [5.74, 6) is -0.284. The second kappa shape index (κ2) is 5.98. The smallest absolute Gasteiger partial charge is 0.224 e. The van der Waals surface area contributed by atoms with E-state index in [-0.39, 0.29) is 11.9 Å². The van der Waals surface area contributed by atoms with Crippen molar-refractivity contribution in [3.8, 4) is 0 Å². The van der Waals surface area contributed by atoms with Crippen LogP contribution in [0.2, 0.25) is 0 Å². The van der Waals surface area contributed by atoms with Gasteiger partial charge in [0.15, 0.2) is 0 Å². The van der Waals surface area contributed by atoms with Crippen LogP contribution in [0.1, 0.15) is 27.7 Å². The lowest BCUT2D eigenvalue weighted by Gasteiger charge is -2.23. The van der Waals surface area contributed by atoms with Crippen molar-refractivity contribution in [3.63, 3.8) is 0 Å². The molecule has 0 radical (unpaired) electrons. The van der Waals surface area contributed by atoms with Gasteiger partial charge < -0.3 is 15.8 Å². The highest BCUT2D eigenvalue weighted by molar-refractivity contribution is 5.80. The molecule has 0 saturated heterocycles. The Bertz CT molecular complexity index is 181. The monoisotopic (exact) mass is 202 g/mol. The van der Waals surface area contributed by atoms with Crippen molar-refractivity contribution in [1.82, 2.24) is 5.32 Å². The van der Waals surface area contributed by atoms with E-state index in [1.807, 2.05) is 27.7 Å². The molecule has 1 amide bonds. The van der Waals surface area contributed by atoms with E-state index in [1.165, 1.54) is 0 Å². The SMILES string of the molecule is CCOCC(C)NCC(C)(C)C(N)=O. The van der Waals surface area contributed by atoms with Gasteiger partial charge in [0.2, 0.25) is 5.91 Å². The third-order valence-electron chi connectivity index (χ3n) is 2.13. The summed E-state index contributed by atoms with van der Waals surface area (Å²) < 4.78 is 5.24. The third kappa shape index (κ3) is 5.19. The number of amides is 1. The molecule has 0 heterocycles. The summed E-state index contributed by atoms with van der Waals surface area (Å²) in [6, 6.07) is 0.244. The van der Waals surface area contributed by atoms with Gasteiger partial charge in [-0.1, -0.05) is 0 Å². The average molecular weight is 202 g/mol. The summed E-state index contributed by atoms with van der Waals surface area (Å²) in [6.07, 6.45) is 0. The van der Waals surface area contributed by atoms with Gasteiger partial charge in [-0.15, -0.1) is 0 Å². The van der Waals surface area contributed by atoms with Gasteiger partial charge in [0.05, 0.1) is 12.0 Å². The minimum absolute atomic E-state index is 0.244. The van der Waals surface area contributed by atoms with Gasteiger partial charge in [0.25, 0.3) is 0 Å². The van der Waals surface area contributed by atoms with Crippen molar-refractivity contribution in [2.75, 3.05) is 19.8 Å². The summed E-state index contributed by atoms with van der Waals surface area (Å²) in [5.41, 5.74) is 4.75. The van der Waals surface area contributed by atoms with E-state index in [0.29, 0.717) is 19.8 Å². The number of carbonyl (C=O) groups is 1. The van der Waals surface area contributed by atoms with Gasteiger partial charge in [0.1, 0.15) is 0 Å². The van der Waals surface area contributed by atoms with Gasteiger partial charge in [-0.25, -0.2) is 0 Å². The largest absolute Gasteiger partial charge is 0.380 e. The maximum atomic E-state index is 11.0. The van der Waals surface area contributed by atoms with E-state index in [9.17, 15) is 4.79 Å². The first-order chi connectivity index (χ1) is 6.40. The van der Waals surface area contributed by atoms with Crippen LogP contribution in [0, 0.1) is 5.41 Å². The zero-order chi connectivity index (χ0) is 11.2. The molecule has 4 nitrogen and oxygen atoms in total. The van der Waals surface area contributed by atoms with E-state index < -0.39 is 5.41 Å². The number of nitrogens with two attached hydrogens (primary N) is 1. The molecule has 0 aliphatic heterocycles. The Hall–Kier alpha value is -0.610. The Kier molecular flexibility index (Phi) is 5.72. The Labute approximate surface area is 86.2 Å². The van der Waals surface area contributed by atoms with Crippen LogP contribution in [0.5, 0.6) is 0 Å². The van der Waals surface area contributed by atoms with Crippen molar-refractivity contribution in [1.29, 1.82) is 0 Å². The van der Waals surface area contributed by atoms with Gasteiger partial charge in [-0.05, 0) is 27.7 Å². The lowest BCUT2D eigenvalue weighted by atomic mass is 9.92. The van der Waals surface area contributed by atoms with Crippen molar-refractivity contribution >= 4 is 5.91 Å². The average Bonchev–Trinajstić information content (AvgIpc) is 2.11. The highest BCUT2D eigenvalue weighted by atomic mass is 16.5. The Morgan fingerprint density at radius 2 is 2.14 bits per heavy atom. The molecular weight excluding hydrogens is 180 g/mol. The number of nitrogens with one attached hydrogen (secondary N) is 1. The summed E-state index contributed by atoms with van der Waals surface area (Å²) >= 11 is 0. The quantitative estimate of drug-likeness (QED) is 0.632. The molecule has 1 unspecified atom stereocenters. The number of ether oxygens (including phenoxy) is 1. The van der Waals surface area contributed by atoms with Crippen LogP contribution in [0.25, 0.3) is 0 Å². The number of carbonyl (C=O) groups excluding carboxylic acids is 1. The van der Waals surface area contributed by atoms with E-state index >= 15 is 0 Å². The van der Waals surface area contributed by atoms with Crippen LogP contribution in [-0.2, 0) is 9.53 Å². The fourth-order valence-electron chi connectivity index (χ4n) is 0.870. The summed E-state index contributed by atoms with van der Waals surface area (Å²) in [6.45, 7) is 9.59. The normalized spacial score (nSPS) is 14.0. The molecule has 0 aliphatic rings. The highest BCUT2D eigenvalue weighted by Crippen LogP contribution is 2.12. The zero-order valence-corrected chi connectivity index (χ0v) is 9.59. The van der Waals surface area contributed by atoms with Crippen molar-refractivity contribution in [2.24, 2.45) is 11.1 Å². The molecule has 0 rings (SSSR count). The van der Waals surface area contributed by atoms with E-state index in [2.05, 4.69) is 5.32 Å². The van der Waals surface area contributed by atoms with Crippen LogP contribution >= 0.6 is 0 Å². The van der Waals surface area contributed by atoms with Gasteiger partial charge >= 0.3 is 0 Å². The predicted molar refractivity (Wildman–Crippen MR) is 56.9 cm³/mol. The molecule has 0 aliphatic carbocycles. The number of rotatable bonds is 7. The van der Waals surface area contributed by atoms with E-state index in [0.717, 1.165) is 0 Å². The standard InChI is InChI=1S/C10H22N2O2/c1-5-14-6-8(2)12-7-10(3,4)9(11)13/h8,12H,5-7H2,1-4H3,(H2,11,13). The van der Waals surface area contributed by atoms with Crippen LogP contribution < -0.4 is 11.1 Å². The molecule has 3 N–H and O–H groups in total. The van der Waals surface area contributed by atoms with Gasteiger partial charge in [0, 0.05) is 19.2 Å². The van der Waals surface area contributed by atoms with E-state index in [1.54, 1.807) is 0 Å². The van der Waals surface area contributed by atoms with Crippen molar-refractivity contribution < 1.29 is 9.53 Å². The van der Waals surface area contributed by atoms with E-state index in [4.69, 9.17) is 10.5 Å². The van der Waals surface area contributed by atoms with Crippen LogP contribution in [0.4, 0.5) is 0 Å². The van der Waals surface area contributed by atoms with Gasteiger partial charge in [-0.2, -0.15) is 0 Å². The fourth-order valence-corrected chi connectivity index (χ4v) is 0.870. The Morgan fingerprint density at radius 1 is 1.57 bits per heavy atom. The molecule has 0 aromatic heterocycles. The molecule has 14 heavy (non-hydrogen) atoms. The Morgan fingerprint density at radius 3 is 2.57 bits per heavy atom. The fraction of sp³-hybridized carbons (Fsp3) is 0.900. The summed E-state index contributed by atoms with van der Waals surface area (Å²) in [7, 11) is 0. The molecule has 4 heteroatoms. The highest BCUT2D eigenvalue weighted by Gasteiger charge is 2.24. The lowest BCUT2D eigenvalue weighted by Crippen LogP contribution is -2.44. The summed E-state index contributed by atoms with van der Waals surface area (Å²) in [5, 5.41) is 3.21. The first-order valence-corrected chi connectivity index (χ1v) is 5.01. The topological polar surface area (TPSA) is 64.3 Å². The molecule has 0 aromatic carbocycles. The first-order valence-electron chi connectivity index (χ1n) is 5.01. The molecule has 1 atom stereocenters. The molecular formula is C10H22N2O2. The molecule has 0 bridgehead atoms. The molecule has 0 spiro atoms. The maximum absolute atomic E-state index is 11.0. The minimum Gasteiger partial charge on any atom is -0.380 e. The minimum atomic E-state index is -0.500. The maximum Gasteiger partial charge on any atom is 0.224 e. The predicted octanol–water partition coefficient (Wildman–Crippen LogP) is 0.513. The van der Waals surface area contributed by atoms with Crippen LogP contribution in [0.15, 0.2) is 0 Å². The lowest BCUT2D eigenvalue weighted by molar-refractivity contribution is -0.125. The molecule has 84 valence electrons. The first kappa shape index (κ1) is 13.4. The van der Waals surface area contributed by atoms with Crippen LogP contribution in [0.3, 0.4) is 0 Å². The van der Waals surface area contributed by atoms with Crippen molar-refractivity contribution in [2.45, 2.75) is 33.7 Å². The Balaban J connectivity index is 3.75. The second-order valence-corrected chi connectivity index (χ2v) is 4.19. The van der Waals surface area contributed by atoms with Gasteiger partial charge in [-0.3, -0.25) is 4.79 Å². The van der Waals surface area contributed by atoms with Crippen molar-refractivity contribution in [3.05, 3.63) is 0 Å². The summed E-state index contributed by atoms with van der Waals surface area (Å²) in [4.78, 5) is 11.0. The molecule has 0 saturated carbocycles. The number of primary amides is 1. The number of hydrogen-bond acceptors (Lipinski definition) is 3.